The topological polar surface area (TPSA) is 277 Å². The smallest absolute Gasteiger partial charge is 0.264 e. The van der Waals surface area contributed by atoms with Gasteiger partial charge in [0.2, 0.25) is 10.0 Å². The number of hydrogen-bond donors (Lipinski definition) is 6. The van der Waals surface area contributed by atoms with Gasteiger partial charge in [-0.3, -0.25) is 14.3 Å². The van der Waals surface area contributed by atoms with Crippen LogP contribution in [-0.4, -0.2) is 130 Å². The molecular weight excluding hydrogens is 1330 g/mol. The molecule has 21 nitrogen and oxygen atoms in total. The standard InChI is InChI=1S/C37H46ClN5O5S.C36H44ClN5O6S/c1-23-7-5-16-37(46,35-39-33(20-44)40-42(35)3)30-12-9-27(30)19-43-21-36(15-6-8-25-17-28(38)11-13-29(25)36)22-48-32-14-10-26(18-31(32)43)34(45)41-49(4,47)24(23)2;1-22-6-4-15-36(45,34-38-32(19-43)39-41(34)3)29-11-8-26(29)18-42-20-35(14-5-7-24-16-27(37)10-12-28(24)35)21-48-31-13-9-25(17-30(31)42)33(44)40-49(46,47)23(22)2/h5,10-11,13-14,16-18,23-24,27,30,44,46H,4,6-9,12,15,19-22H2,1-3H3,(H,41,45,47);4,9-10,12-13,15-17,22-23,26,29,43,45H,5-8,11,14,18-21H2,1-3H3,(H,40,44)/b16-5+;15-4+/t23-,24+,27-,30+,36-,37+,49?;22-,23+,26-,29+,35-,36-/m00/s1. The Morgan fingerprint density at radius 2 is 1.05 bits per heavy atom. The molecule has 8 aliphatic rings. The van der Waals surface area contributed by atoms with Crippen LogP contribution in [0.25, 0.3) is 0 Å². The molecule has 0 saturated heterocycles. The zero-order valence-corrected chi connectivity index (χ0v) is 59.6. The molecule has 6 N–H and O–H groups in total. The molecule has 2 spiro atoms. The second-order valence-corrected chi connectivity index (χ2v) is 34.5. The fraction of sp³-hybridized carbons (Fsp3) is 0.521. The third-order valence-corrected chi connectivity index (χ3v) is 27.6. The molecule has 2 fully saturated rings. The molecule has 98 heavy (non-hydrogen) atoms. The lowest BCUT2D eigenvalue weighted by atomic mass is 9.63. The number of allylic oxidation sites excluding steroid dienone is 2. The fourth-order valence-corrected chi connectivity index (χ4v) is 20.0. The highest BCUT2D eigenvalue weighted by atomic mass is 35.5. The normalized spacial score (nSPS) is 32.8. The highest BCUT2D eigenvalue weighted by Crippen LogP contribution is 2.53. The zero-order valence-electron chi connectivity index (χ0n) is 56.5. The van der Waals surface area contributed by atoms with E-state index in [1.54, 1.807) is 56.0 Å². The van der Waals surface area contributed by atoms with Gasteiger partial charge in [-0.1, -0.05) is 61.3 Å². The van der Waals surface area contributed by atoms with Crippen molar-refractivity contribution in [2.45, 2.75) is 150 Å². The minimum Gasteiger partial charge on any atom is -0.490 e. The molecule has 6 heterocycles. The summed E-state index contributed by atoms with van der Waals surface area (Å²) in [6.07, 6.45) is 17.1. The first-order valence-corrected chi connectivity index (χ1v) is 38.4. The van der Waals surface area contributed by atoms with Crippen LogP contribution < -0.4 is 28.7 Å². The first kappa shape index (κ1) is 69.6. The third kappa shape index (κ3) is 13.0. The van der Waals surface area contributed by atoms with Crippen molar-refractivity contribution >= 4 is 72.0 Å². The number of rotatable bonds is 4. The Hall–Kier alpha value is -6.83. The predicted molar refractivity (Wildman–Crippen MR) is 378 cm³/mol. The van der Waals surface area contributed by atoms with E-state index in [-0.39, 0.29) is 76.8 Å². The van der Waals surface area contributed by atoms with Crippen molar-refractivity contribution in [2.75, 3.05) is 49.2 Å². The molecule has 0 radical (unpaired) electrons. The van der Waals surface area contributed by atoms with E-state index in [9.17, 15) is 42.6 Å². The Bertz CT molecular complexity index is 4100. The van der Waals surface area contributed by atoms with Crippen LogP contribution in [0.2, 0.25) is 10.0 Å². The van der Waals surface area contributed by atoms with E-state index >= 15 is 0 Å². The van der Waals surface area contributed by atoms with E-state index in [4.69, 9.17) is 32.7 Å². The number of nitrogens with one attached hydrogen (secondary N) is 2. The van der Waals surface area contributed by atoms with Crippen LogP contribution in [0.5, 0.6) is 11.5 Å². The van der Waals surface area contributed by atoms with Crippen molar-refractivity contribution in [1.82, 2.24) is 39.0 Å². The Morgan fingerprint density at radius 1 is 0.612 bits per heavy atom. The minimum atomic E-state index is -4.04. The van der Waals surface area contributed by atoms with Crippen molar-refractivity contribution < 1.29 is 52.1 Å². The number of ether oxygens (including phenoxy) is 2. The van der Waals surface area contributed by atoms with E-state index in [0.717, 1.165) is 74.9 Å². The summed E-state index contributed by atoms with van der Waals surface area (Å²) in [6.45, 7) is 9.84. The fourth-order valence-electron chi connectivity index (χ4n) is 16.8. The highest BCUT2D eigenvalue weighted by Gasteiger charge is 2.53. The van der Waals surface area contributed by atoms with Crippen LogP contribution in [0.15, 0.2) is 97.1 Å². The average molecular weight is 1420 g/mol. The van der Waals surface area contributed by atoms with Gasteiger partial charge in [-0.25, -0.2) is 36.7 Å². The lowest BCUT2D eigenvalue weighted by Crippen LogP contribution is -2.52. The van der Waals surface area contributed by atoms with Gasteiger partial charge in [0, 0.05) is 89.4 Å². The second-order valence-electron chi connectivity index (χ2n) is 29.2. The van der Waals surface area contributed by atoms with Crippen molar-refractivity contribution in [3.05, 3.63) is 164 Å². The average Bonchev–Trinajstić information content (AvgIpc) is 1.45. The van der Waals surface area contributed by atoms with Crippen LogP contribution in [0.3, 0.4) is 0 Å². The molecule has 524 valence electrons. The van der Waals surface area contributed by atoms with Crippen LogP contribution in [0.1, 0.15) is 158 Å². The second kappa shape index (κ2) is 26.9. The number of halogens is 2. The van der Waals surface area contributed by atoms with Crippen molar-refractivity contribution in [2.24, 2.45) is 49.6 Å². The summed E-state index contributed by atoms with van der Waals surface area (Å²) >= 11 is 12.9. The molecule has 2 aromatic heterocycles. The summed E-state index contributed by atoms with van der Waals surface area (Å²) in [4.78, 5) is 41.0. The zero-order chi connectivity index (χ0) is 69.4. The number of aliphatic hydroxyl groups is 4. The lowest BCUT2D eigenvalue weighted by molar-refractivity contribution is -0.0585. The Balaban J connectivity index is 0.000000176. The maximum absolute atomic E-state index is 13.9. The van der Waals surface area contributed by atoms with E-state index in [0.29, 0.717) is 91.7 Å². The molecule has 4 aromatic carbocycles. The van der Waals surface area contributed by atoms with E-state index in [2.05, 4.69) is 63.5 Å². The monoisotopic (exact) mass is 1420 g/mol. The highest BCUT2D eigenvalue weighted by molar-refractivity contribution is 7.99. The number of amides is 2. The number of aliphatic hydroxyl groups excluding tert-OH is 2. The van der Waals surface area contributed by atoms with Crippen LogP contribution in [0.4, 0.5) is 11.4 Å². The molecule has 13 atom stereocenters. The largest absolute Gasteiger partial charge is 0.490 e. The molecule has 2 amide bonds. The summed E-state index contributed by atoms with van der Waals surface area (Å²) in [5.41, 5.74) is 3.35. The SMILES string of the molecule is C=S1(=O)NC(=O)c2ccc3c(c2)N(C[C@@H]2CC[C@H]2[C@@](O)(c2nc(CO)nn2C)/C=C/C[C@H](C)[C@H]1C)C[C@@]1(CCCc2cc(Cl)ccc21)CO3.C[C@@H]1[C@@H](C)C/C=C/[C@@](O)(c2nc(CO)nn2C)[C@@H]2CC[C@H]2CN2C[C@@]3(CCCc4cc(Cl)ccc43)COc3ccc(cc32)C(=O)NS1(=O)=O. The van der Waals surface area contributed by atoms with Gasteiger partial charge < -0.3 is 39.7 Å². The van der Waals surface area contributed by atoms with Crippen LogP contribution in [0, 0.1) is 35.5 Å². The maximum Gasteiger partial charge on any atom is 0.264 e. The third-order valence-electron chi connectivity index (χ3n) is 23.0. The molecule has 4 bridgehead atoms. The maximum atomic E-state index is 13.9. The molecule has 14 rings (SSSR count). The number of hydrogen-bond acceptors (Lipinski definition) is 17. The van der Waals surface area contributed by atoms with Gasteiger partial charge in [0.1, 0.15) is 35.9 Å². The number of fused-ring (bicyclic) bond motifs is 8. The van der Waals surface area contributed by atoms with Gasteiger partial charge in [-0.05, 0) is 216 Å². The number of nitrogens with zero attached hydrogens (tertiary/aromatic N) is 8. The summed E-state index contributed by atoms with van der Waals surface area (Å²) in [5.74, 6) is 4.52. The first-order chi connectivity index (χ1) is 46.7. The van der Waals surface area contributed by atoms with Gasteiger partial charge >= 0.3 is 0 Å². The van der Waals surface area contributed by atoms with Gasteiger partial charge in [-0.15, -0.1) is 0 Å². The van der Waals surface area contributed by atoms with Gasteiger partial charge in [0.25, 0.3) is 11.8 Å². The van der Waals surface area contributed by atoms with Crippen LogP contribution >= 0.6 is 23.2 Å². The number of aryl methyl sites for hydroxylation is 4. The Labute approximate surface area is 584 Å². The number of benzene rings is 4. The molecule has 2 saturated carbocycles. The number of carbonyl (C=O) groups is 2. The van der Waals surface area contributed by atoms with Crippen molar-refractivity contribution in [3.8, 4) is 11.5 Å². The Morgan fingerprint density at radius 3 is 1.47 bits per heavy atom. The summed E-state index contributed by atoms with van der Waals surface area (Å²) in [6, 6.07) is 22.8. The van der Waals surface area contributed by atoms with Crippen molar-refractivity contribution in [3.63, 3.8) is 0 Å². The summed E-state index contributed by atoms with van der Waals surface area (Å²) in [7, 11) is -3.63. The van der Waals surface area contributed by atoms with Crippen molar-refractivity contribution in [1.29, 1.82) is 0 Å². The number of carbonyl (C=O) groups excluding carboxylic acids is 2. The van der Waals surface area contributed by atoms with E-state index < -0.39 is 53.2 Å². The summed E-state index contributed by atoms with van der Waals surface area (Å²) < 4.78 is 62.2. The van der Waals surface area contributed by atoms with Crippen LogP contribution in [-0.2, 0) is 81.9 Å². The van der Waals surface area contributed by atoms with Gasteiger partial charge in [-0.2, -0.15) is 10.2 Å². The first-order valence-electron chi connectivity index (χ1n) is 34.3. The predicted octanol–water partition coefficient (Wildman–Crippen LogP) is 9.09. The molecular formula is C73H90Cl2N10O11S2. The van der Waals surface area contributed by atoms with Gasteiger partial charge in [0.05, 0.1) is 39.5 Å². The molecule has 6 aromatic rings. The number of anilines is 2. The van der Waals surface area contributed by atoms with Gasteiger partial charge in [0.15, 0.2) is 23.3 Å². The Kier molecular flexibility index (Phi) is 19.1. The van der Waals surface area contributed by atoms with E-state index in [1.165, 1.54) is 26.9 Å². The lowest BCUT2D eigenvalue weighted by Gasteiger charge is -2.48. The molecule has 25 heteroatoms. The number of sulfonamides is 1. The molecule has 1 unspecified atom stereocenters. The minimum absolute atomic E-state index is 0.0299. The quantitative estimate of drug-likeness (QED) is 0.0709. The number of aromatic nitrogens is 6. The summed E-state index contributed by atoms with van der Waals surface area (Å²) in [5, 5.41) is 53.8. The molecule has 4 aliphatic carbocycles. The molecule has 4 aliphatic heterocycles. The van der Waals surface area contributed by atoms with E-state index in [1.807, 2.05) is 69.3 Å².